The maximum absolute atomic E-state index is 11.3. The normalized spacial score (nSPS) is 11.4. The molecule has 0 aromatic rings. The highest BCUT2D eigenvalue weighted by Crippen LogP contribution is 1.97. The number of amides is 2. The Balaban J connectivity index is 4.36. The molecule has 0 saturated heterocycles. The molecule has 0 aromatic heterocycles. The van der Waals surface area contributed by atoms with E-state index < -0.39 is 24.0 Å². The summed E-state index contributed by atoms with van der Waals surface area (Å²) in [5.41, 5.74) is 4.91. The van der Waals surface area contributed by atoms with Gasteiger partial charge in [0.2, 0.25) is 5.91 Å². The second-order valence-electron chi connectivity index (χ2n) is 2.66. The first-order valence-electron chi connectivity index (χ1n) is 4.45. The van der Waals surface area contributed by atoms with Crippen LogP contribution >= 0.6 is 11.6 Å². The molecule has 0 heterocycles. The van der Waals surface area contributed by atoms with Crippen LogP contribution in [0.15, 0.2) is 0 Å². The number of halogens is 1. The van der Waals surface area contributed by atoms with E-state index in [0.29, 0.717) is 0 Å². The first-order valence-corrected chi connectivity index (χ1v) is 4.98. The van der Waals surface area contributed by atoms with E-state index in [-0.39, 0.29) is 19.1 Å². The topological polar surface area (TPSA) is 108 Å². The van der Waals surface area contributed by atoms with Gasteiger partial charge in [0.1, 0.15) is 6.04 Å². The van der Waals surface area contributed by atoms with Gasteiger partial charge in [-0.1, -0.05) is 11.6 Å². The van der Waals surface area contributed by atoms with Crippen molar-refractivity contribution >= 4 is 29.6 Å². The molecule has 0 aromatic carbocycles. The number of carbonyl (C=O) groups excluding carboxylic acids is 3. The van der Waals surface area contributed by atoms with Crippen LogP contribution < -0.4 is 11.1 Å². The maximum Gasteiger partial charge on any atom is 0.409 e. The Kier molecular flexibility index (Phi) is 7.02. The molecule has 0 aliphatic rings. The van der Waals surface area contributed by atoms with Gasteiger partial charge in [-0.2, -0.15) is 0 Å². The van der Waals surface area contributed by atoms with E-state index in [0.717, 1.165) is 0 Å². The van der Waals surface area contributed by atoms with Gasteiger partial charge >= 0.3 is 12.1 Å². The van der Waals surface area contributed by atoms with Gasteiger partial charge in [-0.3, -0.25) is 4.79 Å². The number of nitrogens with one attached hydrogen (secondary N) is 1. The molecule has 0 rings (SSSR count). The first-order chi connectivity index (χ1) is 7.51. The highest BCUT2D eigenvalue weighted by atomic mass is 35.5. The summed E-state index contributed by atoms with van der Waals surface area (Å²) in [6.07, 6.45) is -1.29. The summed E-state index contributed by atoms with van der Waals surface area (Å²) in [5.74, 6) is -1.50. The lowest BCUT2D eigenvalue weighted by Crippen LogP contribution is -2.44. The zero-order chi connectivity index (χ0) is 12.6. The van der Waals surface area contributed by atoms with Gasteiger partial charge in [0, 0.05) is 0 Å². The number of esters is 1. The second kappa shape index (κ2) is 7.75. The highest BCUT2D eigenvalue weighted by Gasteiger charge is 2.24. The van der Waals surface area contributed by atoms with Crippen LogP contribution in [0.1, 0.15) is 13.3 Å². The molecule has 0 aliphatic carbocycles. The van der Waals surface area contributed by atoms with Crippen LogP contribution in [-0.4, -0.2) is 36.7 Å². The quantitative estimate of drug-likeness (QED) is 0.499. The predicted molar refractivity (Wildman–Crippen MR) is 54.6 cm³/mol. The Bertz CT molecular complexity index is 271. The van der Waals surface area contributed by atoms with Crippen LogP contribution in [-0.2, 0) is 19.1 Å². The third kappa shape index (κ3) is 6.07. The Hall–Kier alpha value is -1.50. The summed E-state index contributed by atoms with van der Waals surface area (Å²) in [6, 6.07) is -1.52. The molecule has 16 heavy (non-hydrogen) atoms. The molecule has 2 amide bonds. The third-order valence-corrected chi connectivity index (χ3v) is 1.56. The van der Waals surface area contributed by atoms with Crippen molar-refractivity contribution < 1.29 is 23.9 Å². The summed E-state index contributed by atoms with van der Waals surface area (Å²) in [5, 5.41) is 2.11. The highest BCUT2D eigenvalue weighted by molar-refractivity contribution is 6.17. The number of alkyl halides is 1. The van der Waals surface area contributed by atoms with E-state index >= 15 is 0 Å². The van der Waals surface area contributed by atoms with Crippen LogP contribution in [0.25, 0.3) is 0 Å². The van der Waals surface area contributed by atoms with E-state index in [1.807, 2.05) is 0 Å². The minimum Gasteiger partial charge on any atom is -0.464 e. The zero-order valence-electron chi connectivity index (χ0n) is 8.70. The maximum atomic E-state index is 11.3. The summed E-state index contributed by atoms with van der Waals surface area (Å²) in [6.45, 7) is 1.72. The van der Waals surface area contributed by atoms with Gasteiger partial charge in [0.15, 0.2) is 6.07 Å². The predicted octanol–water partition coefficient (Wildman–Crippen LogP) is -0.284. The fraction of sp³-hybridized carbons (Fsp3) is 0.625. The average Bonchev–Trinajstić information content (AvgIpc) is 2.16. The molecule has 0 aliphatic heterocycles. The number of rotatable bonds is 6. The molecule has 7 nitrogen and oxygen atoms in total. The number of hydrogen-bond acceptors (Lipinski definition) is 5. The molecule has 1 atom stereocenters. The Labute approximate surface area is 97.2 Å². The summed E-state index contributed by atoms with van der Waals surface area (Å²) in [7, 11) is 0. The van der Waals surface area contributed by atoms with Crippen molar-refractivity contribution in [2.24, 2.45) is 5.73 Å². The van der Waals surface area contributed by atoms with Crippen molar-refractivity contribution in [1.29, 1.82) is 0 Å². The van der Waals surface area contributed by atoms with Crippen molar-refractivity contribution in [3.8, 4) is 0 Å². The van der Waals surface area contributed by atoms with Crippen LogP contribution in [0.2, 0.25) is 0 Å². The molecule has 0 saturated carbocycles. The molecular formula is C8H13ClN2O5. The molecule has 3 N–H and O–H groups in total. The van der Waals surface area contributed by atoms with Gasteiger partial charge in [-0.05, 0) is 6.92 Å². The third-order valence-electron chi connectivity index (χ3n) is 1.45. The zero-order valence-corrected chi connectivity index (χ0v) is 9.45. The minimum atomic E-state index is -1.16. The van der Waals surface area contributed by atoms with Gasteiger partial charge in [0.05, 0.1) is 13.0 Å². The van der Waals surface area contributed by atoms with Gasteiger partial charge in [-0.25, -0.2) is 9.59 Å². The molecule has 0 radical (unpaired) electrons. The van der Waals surface area contributed by atoms with Crippen molar-refractivity contribution in [3.63, 3.8) is 0 Å². The van der Waals surface area contributed by atoms with Crippen LogP contribution in [0, 0.1) is 0 Å². The molecule has 0 spiro atoms. The Morgan fingerprint density at radius 3 is 2.44 bits per heavy atom. The average molecular weight is 253 g/mol. The number of nitrogens with two attached hydrogens (primary N) is 1. The van der Waals surface area contributed by atoms with Crippen molar-refractivity contribution in [2.45, 2.75) is 19.4 Å². The van der Waals surface area contributed by atoms with Crippen molar-refractivity contribution in [2.75, 3.05) is 12.7 Å². The molecule has 0 fully saturated rings. The second-order valence-corrected chi connectivity index (χ2v) is 2.88. The van der Waals surface area contributed by atoms with E-state index in [1.54, 1.807) is 6.92 Å². The molecular weight excluding hydrogens is 240 g/mol. The lowest BCUT2D eigenvalue weighted by molar-refractivity contribution is -0.146. The standard InChI is InChI=1S/C8H13ClN2O5/c1-2-15-7(13)5(3-6(10)12)11-8(14)16-4-9/h5H,2-4H2,1H3,(H2,10,12)(H,11,14). The van der Waals surface area contributed by atoms with E-state index in [2.05, 4.69) is 14.8 Å². The van der Waals surface area contributed by atoms with Gasteiger partial charge in [0.25, 0.3) is 0 Å². The van der Waals surface area contributed by atoms with E-state index in [1.165, 1.54) is 0 Å². The lowest BCUT2D eigenvalue weighted by Gasteiger charge is -2.14. The molecule has 92 valence electrons. The first kappa shape index (κ1) is 14.5. The molecule has 8 heteroatoms. The fourth-order valence-corrected chi connectivity index (χ4v) is 0.970. The van der Waals surface area contributed by atoms with Crippen LogP contribution in [0.3, 0.4) is 0 Å². The summed E-state index contributed by atoms with van der Waals surface area (Å²) >= 11 is 5.14. The number of carbonyl (C=O) groups is 3. The summed E-state index contributed by atoms with van der Waals surface area (Å²) in [4.78, 5) is 32.9. The number of ether oxygens (including phenoxy) is 2. The number of primary amides is 1. The number of hydrogen-bond donors (Lipinski definition) is 2. The minimum absolute atomic E-state index is 0.125. The smallest absolute Gasteiger partial charge is 0.409 e. The van der Waals surface area contributed by atoms with Crippen LogP contribution in [0.5, 0.6) is 0 Å². The van der Waals surface area contributed by atoms with Crippen LogP contribution in [0.4, 0.5) is 4.79 Å². The van der Waals surface area contributed by atoms with E-state index in [9.17, 15) is 14.4 Å². The number of alkyl carbamates (subject to hydrolysis) is 1. The van der Waals surface area contributed by atoms with E-state index in [4.69, 9.17) is 17.3 Å². The molecule has 1 unspecified atom stereocenters. The lowest BCUT2D eigenvalue weighted by atomic mass is 10.2. The van der Waals surface area contributed by atoms with Crippen molar-refractivity contribution in [1.82, 2.24) is 5.32 Å². The largest absolute Gasteiger partial charge is 0.464 e. The summed E-state index contributed by atoms with van der Waals surface area (Å²) < 4.78 is 8.97. The molecule has 0 bridgehead atoms. The van der Waals surface area contributed by atoms with Crippen molar-refractivity contribution in [3.05, 3.63) is 0 Å². The Morgan fingerprint density at radius 1 is 1.38 bits per heavy atom. The van der Waals surface area contributed by atoms with Gasteiger partial charge in [-0.15, -0.1) is 0 Å². The Morgan fingerprint density at radius 2 is 2.00 bits per heavy atom. The van der Waals surface area contributed by atoms with Gasteiger partial charge < -0.3 is 20.5 Å². The SMILES string of the molecule is CCOC(=O)C(CC(N)=O)NC(=O)OCCl. The fourth-order valence-electron chi connectivity index (χ4n) is 0.871. The monoisotopic (exact) mass is 252 g/mol.